The van der Waals surface area contributed by atoms with E-state index in [2.05, 4.69) is 10.6 Å². The maximum absolute atomic E-state index is 13.6. The van der Waals surface area contributed by atoms with Crippen molar-refractivity contribution in [1.29, 1.82) is 0 Å². The van der Waals surface area contributed by atoms with E-state index in [1.54, 1.807) is 12.1 Å². The minimum Gasteiger partial charge on any atom is -0.350 e. The van der Waals surface area contributed by atoms with Crippen molar-refractivity contribution in [3.05, 3.63) is 94.5 Å². The second-order valence-corrected chi connectivity index (χ2v) is 10.3. The molecular weight excluding hydrogens is 470 g/mol. The first kappa shape index (κ1) is 25.3. The Bertz CT molecular complexity index is 1330. The van der Waals surface area contributed by atoms with Gasteiger partial charge in [-0.3, -0.25) is 14.4 Å². The highest BCUT2D eigenvalue weighted by Gasteiger charge is 2.40. The molecule has 0 unspecified atom stereocenters. The van der Waals surface area contributed by atoms with Gasteiger partial charge in [0, 0.05) is 22.7 Å². The van der Waals surface area contributed by atoms with Crippen LogP contribution in [0.15, 0.2) is 88.3 Å². The maximum Gasteiger partial charge on any atom is 0.283 e. The van der Waals surface area contributed by atoms with Crippen LogP contribution in [0, 0.1) is 19.8 Å². The Morgan fingerprint density at radius 3 is 2.14 bits per heavy atom. The molecule has 1 aliphatic heterocycles. The SMILES string of the molecule is Cc1ccc(NC2=C(Sc3cccc(NC(=O)CC(C)C)c3)C(=O)N(c3ccc(C)cc3)C2=O)cc1. The van der Waals surface area contributed by atoms with E-state index in [-0.39, 0.29) is 17.5 Å². The molecule has 6 nitrogen and oxygen atoms in total. The van der Waals surface area contributed by atoms with E-state index >= 15 is 0 Å². The largest absolute Gasteiger partial charge is 0.350 e. The van der Waals surface area contributed by atoms with E-state index < -0.39 is 11.8 Å². The van der Waals surface area contributed by atoms with Gasteiger partial charge in [-0.05, 0) is 62.2 Å². The number of hydrogen-bond donors (Lipinski definition) is 2. The molecule has 0 aliphatic carbocycles. The van der Waals surface area contributed by atoms with Crippen molar-refractivity contribution < 1.29 is 14.4 Å². The maximum atomic E-state index is 13.6. The summed E-state index contributed by atoms with van der Waals surface area (Å²) in [6.07, 6.45) is 0.422. The number of nitrogens with zero attached hydrogens (tertiary/aromatic N) is 1. The van der Waals surface area contributed by atoms with E-state index in [0.29, 0.717) is 22.7 Å². The molecule has 0 bridgehead atoms. The number of aryl methyl sites for hydroxylation is 2. The van der Waals surface area contributed by atoms with Crippen LogP contribution in [0.25, 0.3) is 0 Å². The molecule has 0 aromatic heterocycles. The zero-order valence-corrected chi connectivity index (χ0v) is 21.6. The molecule has 1 aliphatic rings. The Balaban J connectivity index is 1.66. The van der Waals surface area contributed by atoms with Gasteiger partial charge in [0.2, 0.25) is 5.91 Å². The highest BCUT2D eigenvalue weighted by molar-refractivity contribution is 8.04. The van der Waals surface area contributed by atoms with E-state index in [9.17, 15) is 14.4 Å². The highest BCUT2D eigenvalue weighted by atomic mass is 32.2. The number of imide groups is 1. The number of carbonyl (C=O) groups is 3. The predicted molar refractivity (Wildman–Crippen MR) is 146 cm³/mol. The summed E-state index contributed by atoms with van der Waals surface area (Å²) in [6.45, 7) is 7.92. The van der Waals surface area contributed by atoms with E-state index in [1.165, 1.54) is 16.7 Å². The van der Waals surface area contributed by atoms with Crippen molar-refractivity contribution >= 4 is 46.5 Å². The molecule has 184 valence electrons. The van der Waals surface area contributed by atoms with E-state index in [4.69, 9.17) is 0 Å². The number of anilines is 3. The smallest absolute Gasteiger partial charge is 0.283 e. The third-order valence-corrected chi connectivity index (χ3v) is 6.66. The number of hydrogen-bond acceptors (Lipinski definition) is 5. The van der Waals surface area contributed by atoms with Crippen LogP contribution >= 0.6 is 11.8 Å². The summed E-state index contributed by atoms with van der Waals surface area (Å²) in [5, 5.41) is 6.08. The zero-order chi connectivity index (χ0) is 25.8. The fraction of sp³-hybridized carbons (Fsp3) is 0.207. The molecule has 4 rings (SSSR count). The molecule has 3 aromatic rings. The molecule has 3 amide bonds. The van der Waals surface area contributed by atoms with Crippen LogP contribution in [-0.4, -0.2) is 17.7 Å². The topological polar surface area (TPSA) is 78.5 Å². The molecule has 7 heteroatoms. The van der Waals surface area contributed by atoms with Gasteiger partial charge < -0.3 is 10.6 Å². The Hall–Kier alpha value is -3.84. The minimum atomic E-state index is -0.409. The third kappa shape index (κ3) is 5.86. The van der Waals surface area contributed by atoms with Gasteiger partial charge in [0.1, 0.15) is 10.6 Å². The van der Waals surface area contributed by atoms with Gasteiger partial charge in [-0.2, -0.15) is 0 Å². The summed E-state index contributed by atoms with van der Waals surface area (Å²) in [5.74, 6) is -0.616. The van der Waals surface area contributed by atoms with Crippen LogP contribution in [0.1, 0.15) is 31.4 Å². The summed E-state index contributed by atoms with van der Waals surface area (Å²) < 4.78 is 0. The summed E-state index contributed by atoms with van der Waals surface area (Å²) >= 11 is 1.20. The molecule has 1 heterocycles. The Labute approximate surface area is 215 Å². The van der Waals surface area contributed by atoms with Crippen LogP contribution in [0.4, 0.5) is 17.1 Å². The number of nitrogens with one attached hydrogen (secondary N) is 2. The van der Waals surface area contributed by atoms with Gasteiger partial charge in [-0.25, -0.2) is 4.90 Å². The summed E-state index contributed by atoms with van der Waals surface area (Å²) in [4.78, 5) is 41.5. The normalized spacial score (nSPS) is 13.5. The van der Waals surface area contributed by atoms with Crippen molar-refractivity contribution in [1.82, 2.24) is 0 Å². The fourth-order valence-electron chi connectivity index (χ4n) is 3.76. The number of carbonyl (C=O) groups excluding carboxylic acids is 3. The third-order valence-electron chi connectivity index (χ3n) is 5.59. The van der Waals surface area contributed by atoms with Gasteiger partial charge in [0.15, 0.2) is 0 Å². The standard InChI is InChI=1S/C29H29N3O3S/c1-18(2)16-25(33)30-22-6-5-7-24(17-22)36-27-26(31-21-12-8-19(3)9-13-21)28(34)32(29(27)35)23-14-10-20(4)11-15-23/h5-15,17-18,31H,16H2,1-4H3,(H,30,33). The van der Waals surface area contributed by atoms with Crippen LogP contribution < -0.4 is 15.5 Å². The lowest BCUT2D eigenvalue weighted by molar-refractivity contribution is -0.120. The van der Waals surface area contributed by atoms with Gasteiger partial charge in [-0.15, -0.1) is 0 Å². The van der Waals surface area contributed by atoms with Gasteiger partial charge in [0.25, 0.3) is 11.8 Å². The average Bonchev–Trinajstić information content (AvgIpc) is 3.05. The lowest BCUT2D eigenvalue weighted by Gasteiger charge is -2.15. The fourth-order valence-corrected chi connectivity index (χ4v) is 4.75. The van der Waals surface area contributed by atoms with Gasteiger partial charge >= 0.3 is 0 Å². The van der Waals surface area contributed by atoms with Crippen LogP contribution in [0.2, 0.25) is 0 Å². The summed E-state index contributed by atoms with van der Waals surface area (Å²) in [7, 11) is 0. The van der Waals surface area contributed by atoms with Crippen molar-refractivity contribution in [2.75, 3.05) is 15.5 Å². The van der Waals surface area contributed by atoms with Crippen molar-refractivity contribution in [3.8, 4) is 0 Å². The first-order valence-electron chi connectivity index (χ1n) is 11.8. The summed E-state index contributed by atoms with van der Waals surface area (Å²) in [5.41, 5.74) is 4.24. The molecule has 3 aromatic carbocycles. The van der Waals surface area contributed by atoms with Gasteiger partial charge in [0.05, 0.1) is 5.69 Å². The predicted octanol–water partition coefficient (Wildman–Crippen LogP) is 6.28. The zero-order valence-electron chi connectivity index (χ0n) is 20.8. The monoisotopic (exact) mass is 499 g/mol. The second-order valence-electron chi connectivity index (χ2n) is 9.25. The number of rotatable bonds is 8. The highest BCUT2D eigenvalue weighted by Crippen LogP contribution is 2.38. The minimum absolute atomic E-state index is 0.0641. The molecule has 0 fully saturated rings. The first-order chi connectivity index (χ1) is 17.2. The molecule has 0 atom stereocenters. The number of amides is 3. The molecule has 36 heavy (non-hydrogen) atoms. The van der Waals surface area contributed by atoms with E-state index in [1.807, 2.05) is 88.4 Å². The Morgan fingerprint density at radius 1 is 0.861 bits per heavy atom. The van der Waals surface area contributed by atoms with Gasteiger partial charge in [-0.1, -0.05) is 67.1 Å². The molecule has 0 radical (unpaired) electrons. The summed E-state index contributed by atoms with van der Waals surface area (Å²) in [6, 6.07) is 22.2. The lowest BCUT2D eigenvalue weighted by Crippen LogP contribution is -2.32. The first-order valence-corrected chi connectivity index (χ1v) is 12.6. The van der Waals surface area contributed by atoms with Crippen LogP contribution in [0.5, 0.6) is 0 Å². The Kier molecular flexibility index (Phi) is 7.60. The molecule has 0 saturated carbocycles. The van der Waals surface area contributed by atoms with Crippen molar-refractivity contribution in [2.45, 2.75) is 39.0 Å². The van der Waals surface area contributed by atoms with Crippen LogP contribution in [-0.2, 0) is 14.4 Å². The Morgan fingerprint density at radius 2 is 1.50 bits per heavy atom. The number of thioether (sulfide) groups is 1. The molecule has 0 saturated heterocycles. The van der Waals surface area contributed by atoms with Crippen molar-refractivity contribution in [2.24, 2.45) is 5.92 Å². The van der Waals surface area contributed by atoms with E-state index in [0.717, 1.165) is 21.7 Å². The quantitative estimate of drug-likeness (QED) is 0.357. The average molecular weight is 500 g/mol. The van der Waals surface area contributed by atoms with Crippen LogP contribution in [0.3, 0.4) is 0 Å². The lowest BCUT2D eigenvalue weighted by atomic mass is 10.1. The molecule has 2 N–H and O–H groups in total. The second kappa shape index (κ2) is 10.8. The molecule has 0 spiro atoms. The van der Waals surface area contributed by atoms with Crippen molar-refractivity contribution in [3.63, 3.8) is 0 Å². The number of benzene rings is 3. The molecular formula is C29H29N3O3S.